The third-order valence-electron chi connectivity index (χ3n) is 3.46. The van der Waals surface area contributed by atoms with Gasteiger partial charge in [0.05, 0.1) is 23.4 Å². The van der Waals surface area contributed by atoms with Gasteiger partial charge in [0.15, 0.2) is 0 Å². The molecule has 0 unspecified atom stereocenters. The highest BCUT2D eigenvalue weighted by molar-refractivity contribution is 5.94. The number of aromatic nitrogens is 2. The number of benzene rings is 1. The summed E-state index contributed by atoms with van der Waals surface area (Å²) in [5, 5.41) is 6.07. The first kappa shape index (κ1) is 20.5. The van der Waals surface area contributed by atoms with Crippen LogP contribution in [-0.4, -0.2) is 22.2 Å². The molecule has 0 spiro atoms. The summed E-state index contributed by atoms with van der Waals surface area (Å²) < 4.78 is 77.9. The van der Waals surface area contributed by atoms with Crippen molar-refractivity contribution in [2.24, 2.45) is 0 Å². The lowest BCUT2D eigenvalue weighted by atomic mass is 10.0. The first-order chi connectivity index (χ1) is 12.4. The Balaban J connectivity index is 2.20. The predicted octanol–water partition coefficient (Wildman–Crippen LogP) is 3.02. The Hall–Kier alpha value is -2.85. The van der Waals surface area contributed by atoms with Gasteiger partial charge in [-0.3, -0.25) is 9.59 Å². The van der Waals surface area contributed by atoms with Gasteiger partial charge in [-0.2, -0.15) is 31.4 Å². The van der Waals surface area contributed by atoms with Crippen molar-refractivity contribution in [2.45, 2.75) is 25.8 Å². The zero-order valence-corrected chi connectivity index (χ0v) is 13.8. The molecule has 146 valence electrons. The van der Waals surface area contributed by atoms with Gasteiger partial charge in [0.1, 0.15) is 0 Å². The molecule has 0 fully saturated rings. The van der Waals surface area contributed by atoms with Gasteiger partial charge in [-0.15, -0.1) is 0 Å². The number of rotatable bonds is 4. The zero-order valence-electron chi connectivity index (χ0n) is 13.8. The molecule has 0 atom stereocenters. The summed E-state index contributed by atoms with van der Waals surface area (Å²) in [7, 11) is 0. The first-order valence-corrected chi connectivity index (χ1v) is 7.50. The van der Waals surface area contributed by atoms with Gasteiger partial charge >= 0.3 is 12.4 Å². The average molecular weight is 393 g/mol. The minimum atomic E-state index is -5.05. The van der Waals surface area contributed by atoms with Crippen LogP contribution in [-0.2, 0) is 18.9 Å². The average Bonchev–Trinajstić information content (AvgIpc) is 2.56. The fourth-order valence-corrected chi connectivity index (χ4v) is 2.17. The number of hydrogen-bond donors (Lipinski definition) is 1. The van der Waals surface area contributed by atoms with E-state index in [1.165, 1.54) is 12.1 Å². The molecule has 11 heteroatoms. The standard InChI is InChI=1S/C16H13F6N3O2/c1-9-2-3-13(26)25(24-9)5-4-23-14(27)10-6-11(15(17,18)19)8-12(7-10)16(20,21)22/h2-3,6-8H,4-5H2,1H3,(H,23,27). The van der Waals surface area contributed by atoms with Crippen molar-refractivity contribution in [1.82, 2.24) is 15.1 Å². The maximum Gasteiger partial charge on any atom is 0.416 e. The molecule has 0 saturated heterocycles. The molecule has 0 aliphatic rings. The number of halogens is 6. The number of carbonyl (C=O) groups excluding carboxylic acids is 1. The van der Waals surface area contributed by atoms with Gasteiger partial charge in [-0.1, -0.05) is 0 Å². The molecule has 1 aromatic carbocycles. The maximum absolute atomic E-state index is 12.8. The van der Waals surface area contributed by atoms with Gasteiger partial charge in [0, 0.05) is 18.2 Å². The third-order valence-corrected chi connectivity index (χ3v) is 3.46. The van der Waals surface area contributed by atoms with Crippen LogP contribution in [0.15, 0.2) is 35.1 Å². The predicted molar refractivity (Wildman–Crippen MR) is 82.0 cm³/mol. The highest BCUT2D eigenvalue weighted by atomic mass is 19.4. The van der Waals surface area contributed by atoms with Crippen molar-refractivity contribution < 1.29 is 31.1 Å². The van der Waals surface area contributed by atoms with Gasteiger partial charge in [0.25, 0.3) is 11.5 Å². The Bertz CT molecular complexity index is 870. The molecule has 1 heterocycles. The third kappa shape index (κ3) is 5.31. The van der Waals surface area contributed by atoms with Crippen LogP contribution in [0.1, 0.15) is 27.2 Å². The Kier molecular flexibility index (Phi) is 5.62. The number of nitrogens with one attached hydrogen (secondary N) is 1. The van der Waals surface area contributed by atoms with Crippen molar-refractivity contribution in [3.8, 4) is 0 Å². The van der Waals surface area contributed by atoms with Crippen LogP contribution in [0.4, 0.5) is 26.3 Å². The summed E-state index contributed by atoms with van der Waals surface area (Å²) in [4.78, 5) is 23.6. The molecule has 2 aromatic rings. The number of alkyl halides is 6. The molecule has 27 heavy (non-hydrogen) atoms. The molecule has 5 nitrogen and oxygen atoms in total. The lowest BCUT2D eigenvalue weighted by Gasteiger charge is -2.14. The van der Waals surface area contributed by atoms with Crippen molar-refractivity contribution in [2.75, 3.05) is 6.54 Å². The Morgan fingerprint density at radius 1 is 1.04 bits per heavy atom. The van der Waals surface area contributed by atoms with Gasteiger partial charge < -0.3 is 5.32 Å². The molecular formula is C16H13F6N3O2. The topological polar surface area (TPSA) is 64.0 Å². The van der Waals surface area contributed by atoms with Crippen LogP contribution in [0.3, 0.4) is 0 Å². The van der Waals surface area contributed by atoms with Crippen LogP contribution >= 0.6 is 0 Å². The summed E-state index contributed by atoms with van der Waals surface area (Å²) in [6.07, 6.45) is -10.1. The highest BCUT2D eigenvalue weighted by Gasteiger charge is 2.37. The first-order valence-electron chi connectivity index (χ1n) is 7.50. The van der Waals surface area contributed by atoms with Gasteiger partial charge in [0.2, 0.25) is 0 Å². The van der Waals surface area contributed by atoms with Crippen molar-refractivity contribution >= 4 is 5.91 Å². The molecule has 1 N–H and O–H groups in total. The van der Waals surface area contributed by atoms with Crippen LogP contribution < -0.4 is 10.9 Å². The summed E-state index contributed by atoms with van der Waals surface area (Å²) >= 11 is 0. The Morgan fingerprint density at radius 2 is 1.59 bits per heavy atom. The Labute approximate surface area is 148 Å². The fourth-order valence-electron chi connectivity index (χ4n) is 2.17. The Morgan fingerprint density at radius 3 is 2.11 bits per heavy atom. The van der Waals surface area contributed by atoms with E-state index in [1.54, 1.807) is 6.92 Å². The molecule has 0 radical (unpaired) electrons. The minimum Gasteiger partial charge on any atom is -0.350 e. The fraction of sp³-hybridized carbons (Fsp3) is 0.312. The van der Waals surface area contributed by atoms with E-state index < -0.39 is 40.5 Å². The van der Waals surface area contributed by atoms with Crippen LogP contribution in [0.25, 0.3) is 0 Å². The lowest BCUT2D eigenvalue weighted by molar-refractivity contribution is -0.143. The SMILES string of the molecule is Cc1ccc(=O)n(CCNC(=O)c2cc(C(F)(F)F)cc(C(F)(F)F)c2)n1. The van der Waals surface area contributed by atoms with Crippen LogP contribution in [0, 0.1) is 6.92 Å². The number of nitrogens with zero attached hydrogens (tertiary/aromatic N) is 2. The normalized spacial score (nSPS) is 12.1. The number of aryl methyl sites for hydroxylation is 1. The second-order valence-electron chi connectivity index (χ2n) is 5.59. The second kappa shape index (κ2) is 7.41. The zero-order chi connectivity index (χ0) is 20.4. The number of hydrogen-bond acceptors (Lipinski definition) is 3. The lowest BCUT2D eigenvalue weighted by Crippen LogP contribution is -2.32. The van der Waals surface area contributed by atoms with Crippen molar-refractivity contribution in [1.29, 1.82) is 0 Å². The summed E-state index contributed by atoms with van der Waals surface area (Å²) in [5.74, 6) is -1.13. The van der Waals surface area contributed by atoms with Gasteiger partial charge in [-0.05, 0) is 31.2 Å². The minimum absolute atomic E-state index is 0.0625. The van der Waals surface area contributed by atoms with Gasteiger partial charge in [-0.25, -0.2) is 4.68 Å². The largest absolute Gasteiger partial charge is 0.416 e. The molecule has 2 rings (SSSR count). The second-order valence-corrected chi connectivity index (χ2v) is 5.59. The molecule has 1 aromatic heterocycles. The number of carbonyl (C=O) groups is 1. The molecule has 0 saturated carbocycles. The smallest absolute Gasteiger partial charge is 0.350 e. The van der Waals surface area contributed by atoms with E-state index in [2.05, 4.69) is 10.4 Å². The summed E-state index contributed by atoms with van der Waals surface area (Å²) in [5.41, 5.74) is -3.90. The van der Waals surface area contributed by atoms with E-state index in [-0.39, 0.29) is 19.2 Å². The quantitative estimate of drug-likeness (QED) is 0.813. The van der Waals surface area contributed by atoms with E-state index in [1.807, 2.05) is 0 Å². The van der Waals surface area contributed by atoms with E-state index >= 15 is 0 Å². The van der Waals surface area contributed by atoms with Crippen LogP contribution in [0.2, 0.25) is 0 Å². The number of amides is 1. The van der Waals surface area contributed by atoms with E-state index in [0.29, 0.717) is 17.8 Å². The molecular weight excluding hydrogens is 380 g/mol. The monoisotopic (exact) mass is 393 g/mol. The molecule has 0 bridgehead atoms. The highest BCUT2D eigenvalue weighted by Crippen LogP contribution is 2.36. The van der Waals surface area contributed by atoms with Crippen LogP contribution in [0.5, 0.6) is 0 Å². The molecule has 1 amide bonds. The van der Waals surface area contributed by atoms with E-state index in [0.717, 1.165) is 4.68 Å². The summed E-state index contributed by atoms with van der Waals surface area (Å²) in [6.45, 7) is 1.31. The van der Waals surface area contributed by atoms with E-state index in [4.69, 9.17) is 0 Å². The van der Waals surface area contributed by atoms with E-state index in [9.17, 15) is 35.9 Å². The maximum atomic E-state index is 12.8. The molecule has 0 aliphatic heterocycles. The van der Waals surface area contributed by atoms with Crippen molar-refractivity contribution in [3.63, 3.8) is 0 Å². The van der Waals surface area contributed by atoms with Crippen molar-refractivity contribution in [3.05, 3.63) is 63.1 Å². The summed E-state index contributed by atoms with van der Waals surface area (Å²) in [6, 6.07) is 3.32. The molecule has 0 aliphatic carbocycles.